The van der Waals surface area contributed by atoms with Crippen LogP contribution in [-0.4, -0.2) is 24.8 Å². The van der Waals surface area contributed by atoms with Gasteiger partial charge in [0.25, 0.3) is 8.48 Å². The fourth-order valence-electron chi connectivity index (χ4n) is 1.49. The minimum Gasteiger partial charge on any atom is -0.402 e. The predicted molar refractivity (Wildman–Crippen MR) is 59.6 cm³/mol. The molecule has 3 nitrogen and oxygen atoms in total. The number of hydrogen-bond donors (Lipinski definition) is 0. The largest absolute Gasteiger partial charge is 0.402 e. The highest BCUT2D eigenvalue weighted by molar-refractivity contribution is 6.70. The van der Waals surface area contributed by atoms with E-state index in [9.17, 15) is 0 Å². The van der Waals surface area contributed by atoms with Crippen LogP contribution in [0.2, 0.25) is 13.1 Å². The highest BCUT2D eigenvalue weighted by Crippen LogP contribution is 2.17. The van der Waals surface area contributed by atoms with Crippen LogP contribution < -0.4 is 0 Å². The van der Waals surface area contributed by atoms with Crippen LogP contribution in [-0.2, 0) is 4.43 Å². The Morgan fingerprint density at radius 3 is 2.71 bits per heavy atom. The summed E-state index contributed by atoms with van der Waals surface area (Å²) in [6, 6.07) is 8.13. The Hall–Kier alpha value is -1.13. The fourth-order valence-corrected chi connectivity index (χ4v) is 2.79. The van der Waals surface area contributed by atoms with Gasteiger partial charge in [0, 0.05) is 7.11 Å². The minimum atomic E-state index is -1.81. The third-order valence-corrected chi connectivity index (χ3v) is 5.05. The van der Waals surface area contributed by atoms with Crippen molar-refractivity contribution in [2.45, 2.75) is 13.1 Å². The lowest BCUT2D eigenvalue weighted by Gasteiger charge is -2.21. The summed E-state index contributed by atoms with van der Waals surface area (Å²) < 4.78 is 7.72. The zero-order chi connectivity index (χ0) is 10.2. The molecule has 0 saturated heterocycles. The predicted octanol–water partition coefficient (Wildman–Crippen LogP) is 2.23. The quantitative estimate of drug-likeness (QED) is 0.705. The summed E-state index contributed by atoms with van der Waals surface area (Å²) in [5.74, 6) is 0. The molecule has 2 rings (SSSR count). The molecule has 2 aromatic rings. The number of hydrogen-bond acceptors (Lipinski definition) is 2. The van der Waals surface area contributed by atoms with E-state index in [0.29, 0.717) is 0 Å². The normalized spacial score (nSPS) is 12.2. The molecule has 0 aliphatic carbocycles. The average molecular weight is 206 g/mol. The summed E-state index contributed by atoms with van der Waals surface area (Å²) in [6.07, 6.45) is 1.88. The first kappa shape index (κ1) is 9.42. The molecule has 0 fully saturated rings. The van der Waals surface area contributed by atoms with Crippen LogP contribution in [0.15, 0.2) is 30.6 Å². The summed E-state index contributed by atoms with van der Waals surface area (Å²) in [5, 5.41) is 0. The van der Waals surface area contributed by atoms with Gasteiger partial charge in [0.05, 0.1) is 17.4 Å². The van der Waals surface area contributed by atoms with Crippen molar-refractivity contribution in [3.8, 4) is 0 Å². The molecular formula is C10H14N2OSi. The Kier molecular flexibility index (Phi) is 2.17. The van der Waals surface area contributed by atoms with Gasteiger partial charge < -0.3 is 8.66 Å². The van der Waals surface area contributed by atoms with E-state index in [-0.39, 0.29) is 0 Å². The van der Waals surface area contributed by atoms with Gasteiger partial charge in [-0.3, -0.25) is 0 Å². The molecule has 14 heavy (non-hydrogen) atoms. The molecule has 0 spiro atoms. The summed E-state index contributed by atoms with van der Waals surface area (Å²) in [7, 11) is -0.0466. The maximum Gasteiger partial charge on any atom is 0.299 e. The number of fused-ring (bicyclic) bond motifs is 1. The van der Waals surface area contributed by atoms with E-state index >= 15 is 0 Å². The number of benzene rings is 1. The van der Waals surface area contributed by atoms with E-state index in [4.69, 9.17) is 4.43 Å². The molecule has 0 aliphatic rings. The molecule has 0 saturated carbocycles. The number of rotatable bonds is 2. The lowest BCUT2D eigenvalue weighted by Crippen LogP contribution is -2.38. The van der Waals surface area contributed by atoms with Crippen LogP contribution in [0.25, 0.3) is 11.0 Å². The standard InChI is InChI=1S/C10H14N2OSi/c1-13-14(2,3)12-8-11-9-6-4-5-7-10(9)12/h4-8H,1-3H3. The second kappa shape index (κ2) is 3.22. The topological polar surface area (TPSA) is 27.1 Å². The van der Waals surface area contributed by atoms with E-state index in [2.05, 4.69) is 28.4 Å². The Bertz CT molecular complexity index is 450. The van der Waals surface area contributed by atoms with Gasteiger partial charge >= 0.3 is 0 Å². The lowest BCUT2D eigenvalue weighted by molar-refractivity contribution is 0.395. The number of aromatic nitrogens is 2. The van der Waals surface area contributed by atoms with Crippen molar-refractivity contribution < 1.29 is 4.43 Å². The molecule has 1 aromatic carbocycles. The first-order valence-electron chi connectivity index (χ1n) is 4.63. The smallest absolute Gasteiger partial charge is 0.299 e. The summed E-state index contributed by atoms with van der Waals surface area (Å²) >= 11 is 0. The summed E-state index contributed by atoms with van der Waals surface area (Å²) in [5.41, 5.74) is 2.19. The Morgan fingerprint density at radius 2 is 2.00 bits per heavy atom. The molecule has 1 heterocycles. The second-order valence-electron chi connectivity index (χ2n) is 3.75. The Morgan fingerprint density at radius 1 is 1.29 bits per heavy atom. The van der Waals surface area contributed by atoms with Crippen molar-refractivity contribution >= 4 is 19.5 Å². The number of nitrogens with zero attached hydrogens (tertiary/aromatic N) is 2. The Balaban J connectivity index is 2.64. The van der Waals surface area contributed by atoms with Gasteiger partial charge in [0.1, 0.15) is 0 Å². The van der Waals surface area contributed by atoms with Crippen LogP contribution in [0.5, 0.6) is 0 Å². The summed E-state index contributed by atoms with van der Waals surface area (Å²) in [4.78, 5) is 4.35. The van der Waals surface area contributed by atoms with E-state index < -0.39 is 8.48 Å². The first-order chi connectivity index (χ1) is 6.65. The van der Waals surface area contributed by atoms with Crippen LogP contribution in [0.4, 0.5) is 0 Å². The zero-order valence-corrected chi connectivity index (χ0v) is 9.69. The van der Waals surface area contributed by atoms with Crippen LogP contribution in [0.1, 0.15) is 0 Å². The van der Waals surface area contributed by atoms with E-state index in [1.165, 1.54) is 0 Å². The molecule has 0 bridgehead atoms. The third-order valence-electron chi connectivity index (χ3n) is 2.53. The minimum absolute atomic E-state index is 1.03. The molecule has 74 valence electrons. The van der Waals surface area contributed by atoms with E-state index in [0.717, 1.165) is 11.0 Å². The van der Waals surface area contributed by atoms with Crippen LogP contribution in [0.3, 0.4) is 0 Å². The summed E-state index contributed by atoms with van der Waals surface area (Å²) in [6.45, 7) is 4.31. The molecule has 0 amide bonds. The number of imidazole rings is 1. The van der Waals surface area contributed by atoms with Crippen molar-refractivity contribution in [3.63, 3.8) is 0 Å². The fraction of sp³-hybridized carbons (Fsp3) is 0.300. The maximum absolute atomic E-state index is 5.55. The van der Waals surface area contributed by atoms with E-state index in [1.54, 1.807) is 7.11 Å². The van der Waals surface area contributed by atoms with Crippen LogP contribution >= 0.6 is 0 Å². The van der Waals surface area contributed by atoms with Gasteiger partial charge in [0.15, 0.2) is 0 Å². The van der Waals surface area contributed by atoms with Gasteiger partial charge in [0.2, 0.25) is 0 Å². The highest BCUT2D eigenvalue weighted by Gasteiger charge is 2.25. The average Bonchev–Trinajstić information content (AvgIpc) is 2.61. The molecule has 0 atom stereocenters. The van der Waals surface area contributed by atoms with E-state index in [1.807, 2.05) is 24.5 Å². The van der Waals surface area contributed by atoms with Crippen molar-refractivity contribution in [2.75, 3.05) is 7.11 Å². The van der Waals surface area contributed by atoms with Crippen molar-refractivity contribution in [3.05, 3.63) is 30.6 Å². The van der Waals surface area contributed by atoms with Crippen molar-refractivity contribution in [2.24, 2.45) is 0 Å². The zero-order valence-electron chi connectivity index (χ0n) is 8.69. The highest BCUT2D eigenvalue weighted by atomic mass is 28.4. The van der Waals surface area contributed by atoms with Gasteiger partial charge in [-0.2, -0.15) is 0 Å². The molecule has 4 heteroatoms. The van der Waals surface area contributed by atoms with Gasteiger partial charge in [-0.15, -0.1) is 0 Å². The van der Waals surface area contributed by atoms with Crippen LogP contribution in [0, 0.1) is 0 Å². The van der Waals surface area contributed by atoms with Gasteiger partial charge in [-0.25, -0.2) is 4.98 Å². The monoisotopic (exact) mass is 206 g/mol. The number of para-hydroxylation sites is 2. The van der Waals surface area contributed by atoms with Gasteiger partial charge in [-0.05, 0) is 25.2 Å². The maximum atomic E-state index is 5.55. The van der Waals surface area contributed by atoms with Crippen molar-refractivity contribution in [1.82, 2.24) is 9.22 Å². The third kappa shape index (κ3) is 1.36. The second-order valence-corrected chi connectivity index (χ2v) is 7.54. The molecule has 0 N–H and O–H groups in total. The molecule has 1 aromatic heterocycles. The van der Waals surface area contributed by atoms with Crippen molar-refractivity contribution in [1.29, 1.82) is 0 Å². The molecule has 0 radical (unpaired) electrons. The first-order valence-corrected chi connectivity index (χ1v) is 7.48. The molecular weight excluding hydrogens is 192 g/mol. The molecule has 0 unspecified atom stereocenters. The Labute approximate surface area is 84.5 Å². The SMILES string of the molecule is CO[Si](C)(C)n1cnc2ccccc21. The lowest BCUT2D eigenvalue weighted by atomic mass is 10.3. The molecule has 0 aliphatic heterocycles. The van der Waals surface area contributed by atoms with Gasteiger partial charge in [-0.1, -0.05) is 12.1 Å².